The lowest BCUT2D eigenvalue weighted by molar-refractivity contribution is 1.94. The van der Waals surface area contributed by atoms with Crippen molar-refractivity contribution in [2.45, 2.75) is 0 Å². The van der Waals surface area contributed by atoms with E-state index in [-0.39, 0.29) is 0 Å². The molecule has 2 heterocycles. The SMILES string of the molecule is Nc1cc2c(I)csc2s1. The molecule has 2 rings (SSSR count). The van der Waals surface area contributed by atoms with Crippen LogP contribution in [0.5, 0.6) is 0 Å². The van der Waals surface area contributed by atoms with Gasteiger partial charge in [-0.3, -0.25) is 0 Å². The summed E-state index contributed by atoms with van der Waals surface area (Å²) in [4.78, 5) is 0. The van der Waals surface area contributed by atoms with Crippen molar-refractivity contribution in [1.82, 2.24) is 0 Å². The van der Waals surface area contributed by atoms with Crippen LogP contribution in [0, 0.1) is 3.57 Å². The van der Waals surface area contributed by atoms with Crippen LogP contribution in [0.3, 0.4) is 0 Å². The molecule has 0 aliphatic carbocycles. The van der Waals surface area contributed by atoms with E-state index in [4.69, 9.17) is 5.73 Å². The Morgan fingerprint density at radius 3 is 3.00 bits per heavy atom. The van der Waals surface area contributed by atoms with Crippen molar-refractivity contribution in [1.29, 1.82) is 0 Å². The molecule has 0 aromatic carbocycles. The Kier molecular flexibility index (Phi) is 1.62. The zero-order chi connectivity index (χ0) is 7.14. The van der Waals surface area contributed by atoms with Crippen LogP contribution in [0.2, 0.25) is 0 Å². The maximum absolute atomic E-state index is 5.63. The first-order valence-electron chi connectivity index (χ1n) is 2.69. The summed E-state index contributed by atoms with van der Waals surface area (Å²) in [6.07, 6.45) is 0. The lowest BCUT2D eigenvalue weighted by Gasteiger charge is -1.76. The number of thiophene rings is 2. The van der Waals surface area contributed by atoms with Gasteiger partial charge in [0.25, 0.3) is 0 Å². The van der Waals surface area contributed by atoms with E-state index in [0.29, 0.717) is 0 Å². The number of rotatable bonds is 0. The third kappa shape index (κ3) is 0.943. The molecule has 2 aromatic heterocycles. The molecule has 0 saturated heterocycles. The summed E-state index contributed by atoms with van der Waals surface area (Å²) in [6, 6.07) is 2.04. The second-order valence-electron chi connectivity index (χ2n) is 1.93. The number of hydrogen-bond donors (Lipinski definition) is 1. The largest absolute Gasteiger partial charge is 0.391 e. The minimum absolute atomic E-state index is 0.916. The first kappa shape index (κ1) is 6.87. The molecule has 0 amide bonds. The van der Waals surface area contributed by atoms with Crippen molar-refractivity contribution in [3.05, 3.63) is 15.0 Å². The minimum atomic E-state index is 0.916. The lowest BCUT2D eigenvalue weighted by atomic mass is 10.4. The van der Waals surface area contributed by atoms with Gasteiger partial charge >= 0.3 is 0 Å². The Labute approximate surface area is 80.0 Å². The highest BCUT2D eigenvalue weighted by Gasteiger charge is 2.03. The number of anilines is 1. The topological polar surface area (TPSA) is 26.0 Å². The van der Waals surface area contributed by atoms with E-state index < -0.39 is 0 Å². The highest BCUT2D eigenvalue weighted by atomic mass is 127. The number of fused-ring (bicyclic) bond motifs is 1. The van der Waals surface area contributed by atoms with Gasteiger partial charge < -0.3 is 5.73 Å². The number of hydrogen-bond acceptors (Lipinski definition) is 3. The maximum Gasteiger partial charge on any atom is 0.0897 e. The predicted octanol–water partition coefficient (Wildman–Crippen LogP) is 3.15. The Balaban J connectivity index is 2.90. The fraction of sp³-hybridized carbons (Fsp3) is 0. The quantitative estimate of drug-likeness (QED) is 0.738. The average Bonchev–Trinajstić information content (AvgIpc) is 2.35. The number of halogens is 1. The molecule has 0 bridgehead atoms. The van der Waals surface area contributed by atoms with Crippen LogP contribution in [0.4, 0.5) is 5.00 Å². The van der Waals surface area contributed by atoms with Crippen LogP contribution in [0.15, 0.2) is 11.4 Å². The zero-order valence-corrected chi connectivity index (χ0v) is 8.72. The van der Waals surface area contributed by atoms with Crippen LogP contribution < -0.4 is 5.73 Å². The summed E-state index contributed by atoms with van der Waals surface area (Å²) in [5, 5.41) is 4.38. The standard InChI is InChI=1S/C6H4INS2/c7-4-2-9-6-3(4)1-5(8)10-6/h1-2H,8H2. The molecular formula is C6H4INS2. The minimum Gasteiger partial charge on any atom is -0.391 e. The molecule has 0 atom stereocenters. The fourth-order valence-corrected chi connectivity index (χ4v) is 3.92. The molecule has 0 fully saturated rings. The summed E-state index contributed by atoms with van der Waals surface area (Å²) in [5.41, 5.74) is 5.63. The molecule has 52 valence electrons. The van der Waals surface area contributed by atoms with Crippen LogP contribution in [-0.2, 0) is 0 Å². The fourth-order valence-electron chi connectivity index (χ4n) is 0.815. The molecule has 0 spiro atoms. The number of nitrogen functional groups attached to an aromatic ring is 1. The van der Waals surface area contributed by atoms with E-state index >= 15 is 0 Å². The van der Waals surface area contributed by atoms with Crippen molar-refractivity contribution in [2.24, 2.45) is 0 Å². The second-order valence-corrected chi connectivity index (χ2v) is 5.32. The van der Waals surface area contributed by atoms with Gasteiger partial charge in [-0.2, -0.15) is 0 Å². The average molecular weight is 281 g/mol. The van der Waals surface area contributed by atoms with E-state index in [9.17, 15) is 0 Å². The van der Waals surface area contributed by atoms with Crippen molar-refractivity contribution in [2.75, 3.05) is 5.73 Å². The first-order valence-corrected chi connectivity index (χ1v) is 5.47. The number of nitrogens with two attached hydrogens (primary N) is 1. The van der Waals surface area contributed by atoms with Gasteiger partial charge in [0, 0.05) is 14.3 Å². The third-order valence-electron chi connectivity index (χ3n) is 1.24. The van der Waals surface area contributed by atoms with Gasteiger partial charge in [-0.25, -0.2) is 0 Å². The smallest absolute Gasteiger partial charge is 0.0897 e. The van der Waals surface area contributed by atoms with Gasteiger partial charge in [-0.05, 0) is 28.7 Å². The Bertz CT molecular complexity index is 363. The molecule has 4 heteroatoms. The third-order valence-corrected chi connectivity index (χ3v) is 4.64. The molecule has 0 unspecified atom stereocenters. The van der Waals surface area contributed by atoms with E-state index in [2.05, 4.69) is 28.0 Å². The predicted molar refractivity (Wildman–Crippen MR) is 56.8 cm³/mol. The van der Waals surface area contributed by atoms with Gasteiger partial charge in [-0.15, -0.1) is 22.7 Å². The van der Waals surface area contributed by atoms with Crippen molar-refractivity contribution in [3.8, 4) is 0 Å². The zero-order valence-electron chi connectivity index (χ0n) is 4.93. The molecule has 10 heavy (non-hydrogen) atoms. The molecular weight excluding hydrogens is 277 g/mol. The van der Waals surface area contributed by atoms with E-state index in [1.165, 1.54) is 13.0 Å². The van der Waals surface area contributed by atoms with Crippen LogP contribution in [0.1, 0.15) is 0 Å². The normalized spacial score (nSPS) is 10.9. The summed E-state index contributed by atoms with van der Waals surface area (Å²) < 4.78 is 2.65. The van der Waals surface area contributed by atoms with Crippen LogP contribution >= 0.6 is 45.3 Å². The van der Waals surface area contributed by atoms with Gasteiger partial charge in [0.05, 0.1) is 9.01 Å². The highest BCUT2D eigenvalue weighted by molar-refractivity contribution is 14.1. The Hall–Kier alpha value is 0.190. The van der Waals surface area contributed by atoms with Crippen LogP contribution in [-0.4, -0.2) is 0 Å². The Morgan fingerprint density at radius 1 is 1.50 bits per heavy atom. The molecule has 1 nitrogen and oxygen atoms in total. The summed E-state index contributed by atoms with van der Waals surface area (Å²) in [7, 11) is 0. The summed E-state index contributed by atoms with van der Waals surface area (Å²) >= 11 is 5.76. The van der Waals surface area contributed by atoms with E-state index in [1.54, 1.807) is 22.7 Å². The van der Waals surface area contributed by atoms with Gasteiger partial charge in [0.1, 0.15) is 0 Å². The van der Waals surface area contributed by atoms with Crippen LogP contribution in [0.25, 0.3) is 9.40 Å². The van der Waals surface area contributed by atoms with Gasteiger partial charge in [0.2, 0.25) is 0 Å². The Morgan fingerprint density at radius 2 is 2.30 bits per heavy atom. The van der Waals surface area contributed by atoms with Crippen molar-refractivity contribution >= 4 is 59.7 Å². The van der Waals surface area contributed by atoms with E-state index in [0.717, 1.165) is 5.00 Å². The molecule has 2 N–H and O–H groups in total. The van der Waals surface area contributed by atoms with E-state index in [1.807, 2.05) is 6.07 Å². The molecule has 0 aliphatic heterocycles. The van der Waals surface area contributed by atoms with Crippen molar-refractivity contribution < 1.29 is 0 Å². The first-order chi connectivity index (χ1) is 4.77. The van der Waals surface area contributed by atoms with Crippen molar-refractivity contribution in [3.63, 3.8) is 0 Å². The van der Waals surface area contributed by atoms with Gasteiger partial charge in [-0.1, -0.05) is 0 Å². The summed E-state index contributed by atoms with van der Waals surface area (Å²) in [5.74, 6) is 0. The monoisotopic (exact) mass is 281 g/mol. The molecule has 0 radical (unpaired) electrons. The second kappa shape index (κ2) is 2.35. The van der Waals surface area contributed by atoms with Gasteiger partial charge in [0.15, 0.2) is 0 Å². The molecule has 0 aliphatic rings. The lowest BCUT2D eigenvalue weighted by Crippen LogP contribution is -1.73. The molecule has 2 aromatic rings. The maximum atomic E-state index is 5.63. The highest BCUT2D eigenvalue weighted by Crippen LogP contribution is 2.35. The molecule has 0 saturated carbocycles. The summed E-state index contributed by atoms with van der Waals surface area (Å²) in [6.45, 7) is 0.